The Bertz CT molecular complexity index is 174. The molecule has 0 aromatic heterocycles. The van der Waals surface area contributed by atoms with E-state index in [1.807, 2.05) is 19.1 Å². The number of carbonyl (C=O) groups excluding carboxylic acids is 1. The third kappa shape index (κ3) is 2.72. The quantitative estimate of drug-likeness (QED) is 0.346. The van der Waals surface area contributed by atoms with E-state index in [1.165, 1.54) is 6.92 Å². The summed E-state index contributed by atoms with van der Waals surface area (Å²) in [6, 6.07) is 0. The largest absolute Gasteiger partial charge is 0.463 e. The summed E-state index contributed by atoms with van der Waals surface area (Å²) in [7, 11) is 0. The Morgan fingerprint density at radius 3 is 3.00 bits per heavy atom. The molecule has 0 N–H and O–H groups in total. The Kier molecular flexibility index (Phi) is 2.65. The first-order valence-corrected chi connectivity index (χ1v) is 3.65. The standard InChI is InChI=1S/C8H12O3/c1-3-4-7-8(11-7)5-10-6(2)9/h3-4,7-8H,5H2,1-2H3/b4-3+/t7-,8+/m1/s1. The van der Waals surface area contributed by atoms with Gasteiger partial charge >= 0.3 is 5.97 Å². The SMILES string of the molecule is C/C=C/[C@H]1O[C@H]1COC(C)=O. The molecule has 1 heterocycles. The first-order valence-electron chi connectivity index (χ1n) is 3.65. The van der Waals surface area contributed by atoms with Crippen LogP contribution in [0.2, 0.25) is 0 Å². The fourth-order valence-corrected chi connectivity index (χ4v) is 0.849. The van der Waals surface area contributed by atoms with Gasteiger partial charge in [0.15, 0.2) is 0 Å². The number of epoxide rings is 1. The van der Waals surface area contributed by atoms with E-state index in [4.69, 9.17) is 9.47 Å². The van der Waals surface area contributed by atoms with Crippen LogP contribution in [0.15, 0.2) is 12.2 Å². The van der Waals surface area contributed by atoms with Crippen molar-refractivity contribution in [2.75, 3.05) is 6.61 Å². The summed E-state index contributed by atoms with van der Waals surface area (Å²) in [6.07, 6.45) is 4.14. The highest BCUT2D eigenvalue weighted by atomic mass is 16.6. The van der Waals surface area contributed by atoms with E-state index in [2.05, 4.69) is 0 Å². The van der Waals surface area contributed by atoms with Crippen molar-refractivity contribution in [3.05, 3.63) is 12.2 Å². The number of hydrogen-bond acceptors (Lipinski definition) is 3. The maximum atomic E-state index is 10.3. The molecular formula is C8H12O3. The molecule has 0 radical (unpaired) electrons. The van der Waals surface area contributed by atoms with Gasteiger partial charge in [0.2, 0.25) is 0 Å². The number of carbonyl (C=O) groups is 1. The molecule has 62 valence electrons. The Balaban J connectivity index is 2.09. The van der Waals surface area contributed by atoms with Crippen LogP contribution in [-0.2, 0) is 14.3 Å². The number of hydrogen-bond donors (Lipinski definition) is 0. The van der Waals surface area contributed by atoms with Crippen LogP contribution in [-0.4, -0.2) is 24.8 Å². The van der Waals surface area contributed by atoms with E-state index in [1.54, 1.807) is 0 Å². The number of esters is 1. The van der Waals surface area contributed by atoms with Gasteiger partial charge in [-0.3, -0.25) is 4.79 Å². The van der Waals surface area contributed by atoms with Crippen LogP contribution in [0.4, 0.5) is 0 Å². The summed E-state index contributed by atoms with van der Waals surface area (Å²) in [5.41, 5.74) is 0. The van der Waals surface area contributed by atoms with E-state index in [9.17, 15) is 4.79 Å². The van der Waals surface area contributed by atoms with Gasteiger partial charge in [0, 0.05) is 6.92 Å². The lowest BCUT2D eigenvalue weighted by Gasteiger charge is -1.94. The molecule has 0 saturated carbocycles. The summed E-state index contributed by atoms with van der Waals surface area (Å²) in [4.78, 5) is 10.3. The van der Waals surface area contributed by atoms with Crippen LogP contribution < -0.4 is 0 Å². The molecule has 0 unspecified atom stereocenters. The molecule has 0 bridgehead atoms. The lowest BCUT2D eigenvalue weighted by molar-refractivity contribution is -0.141. The summed E-state index contributed by atoms with van der Waals surface area (Å²) < 4.78 is 9.89. The van der Waals surface area contributed by atoms with Gasteiger partial charge in [-0.1, -0.05) is 12.2 Å². The molecule has 0 aromatic rings. The van der Waals surface area contributed by atoms with Crippen molar-refractivity contribution in [1.29, 1.82) is 0 Å². The molecule has 11 heavy (non-hydrogen) atoms. The first-order chi connectivity index (χ1) is 5.24. The first kappa shape index (κ1) is 8.27. The van der Waals surface area contributed by atoms with E-state index in [0.717, 1.165) is 0 Å². The van der Waals surface area contributed by atoms with Crippen LogP contribution in [0.5, 0.6) is 0 Å². The second-order valence-corrected chi connectivity index (χ2v) is 2.47. The van der Waals surface area contributed by atoms with Gasteiger partial charge in [0.1, 0.15) is 18.8 Å². The molecule has 3 heteroatoms. The monoisotopic (exact) mass is 156 g/mol. The maximum absolute atomic E-state index is 10.3. The maximum Gasteiger partial charge on any atom is 0.302 e. The fraction of sp³-hybridized carbons (Fsp3) is 0.625. The van der Waals surface area contributed by atoms with Gasteiger partial charge in [-0.25, -0.2) is 0 Å². The molecule has 1 aliphatic rings. The molecule has 1 rings (SSSR count). The normalized spacial score (nSPS) is 28.9. The van der Waals surface area contributed by atoms with Gasteiger partial charge in [0.05, 0.1) is 0 Å². The van der Waals surface area contributed by atoms with Crippen molar-refractivity contribution >= 4 is 5.97 Å². The number of rotatable bonds is 3. The molecule has 1 saturated heterocycles. The van der Waals surface area contributed by atoms with E-state index in [-0.39, 0.29) is 18.2 Å². The van der Waals surface area contributed by atoms with Crippen molar-refractivity contribution in [2.24, 2.45) is 0 Å². The summed E-state index contributed by atoms with van der Waals surface area (Å²) >= 11 is 0. The molecular weight excluding hydrogens is 144 g/mol. The highest BCUT2D eigenvalue weighted by molar-refractivity contribution is 5.65. The minimum absolute atomic E-state index is 0.0927. The Morgan fingerprint density at radius 2 is 2.45 bits per heavy atom. The summed E-state index contributed by atoms with van der Waals surface area (Å²) in [5, 5.41) is 0. The topological polar surface area (TPSA) is 38.8 Å². The van der Waals surface area contributed by atoms with Crippen LogP contribution >= 0.6 is 0 Å². The van der Waals surface area contributed by atoms with Crippen molar-refractivity contribution < 1.29 is 14.3 Å². The van der Waals surface area contributed by atoms with Gasteiger partial charge in [-0.2, -0.15) is 0 Å². The predicted molar refractivity (Wildman–Crippen MR) is 40.1 cm³/mol. The summed E-state index contributed by atoms with van der Waals surface area (Å²) in [6.45, 7) is 3.71. The second kappa shape index (κ2) is 3.53. The molecule has 0 amide bonds. The number of ether oxygens (including phenoxy) is 2. The highest BCUT2D eigenvalue weighted by Crippen LogP contribution is 2.23. The van der Waals surface area contributed by atoms with E-state index in [0.29, 0.717) is 6.61 Å². The third-order valence-electron chi connectivity index (χ3n) is 1.45. The molecule has 3 nitrogen and oxygen atoms in total. The van der Waals surface area contributed by atoms with E-state index >= 15 is 0 Å². The molecule has 1 fully saturated rings. The van der Waals surface area contributed by atoms with Crippen molar-refractivity contribution in [1.82, 2.24) is 0 Å². The van der Waals surface area contributed by atoms with E-state index < -0.39 is 0 Å². The smallest absolute Gasteiger partial charge is 0.302 e. The highest BCUT2D eigenvalue weighted by Gasteiger charge is 2.37. The predicted octanol–water partition coefficient (Wildman–Crippen LogP) is 0.893. The lowest BCUT2D eigenvalue weighted by atomic mass is 10.3. The zero-order valence-electron chi connectivity index (χ0n) is 6.74. The average Bonchev–Trinajstić information content (AvgIpc) is 2.64. The average molecular weight is 156 g/mol. The van der Waals surface area contributed by atoms with Crippen LogP contribution in [0, 0.1) is 0 Å². The van der Waals surface area contributed by atoms with Crippen molar-refractivity contribution in [3.8, 4) is 0 Å². The molecule has 1 aliphatic heterocycles. The number of allylic oxidation sites excluding steroid dienone is 1. The molecule has 0 spiro atoms. The van der Waals surface area contributed by atoms with Crippen molar-refractivity contribution in [3.63, 3.8) is 0 Å². The Morgan fingerprint density at radius 1 is 1.73 bits per heavy atom. The third-order valence-corrected chi connectivity index (χ3v) is 1.45. The fourth-order valence-electron chi connectivity index (χ4n) is 0.849. The van der Waals surface area contributed by atoms with Gasteiger partial charge < -0.3 is 9.47 Å². The molecule has 2 atom stereocenters. The Labute approximate surface area is 66.0 Å². The van der Waals surface area contributed by atoms with Gasteiger partial charge in [-0.15, -0.1) is 0 Å². The van der Waals surface area contributed by atoms with Gasteiger partial charge in [0.25, 0.3) is 0 Å². The minimum Gasteiger partial charge on any atom is -0.463 e. The Hall–Kier alpha value is -0.830. The molecule has 0 aromatic carbocycles. The van der Waals surface area contributed by atoms with Crippen LogP contribution in [0.3, 0.4) is 0 Å². The molecule has 0 aliphatic carbocycles. The van der Waals surface area contributed by atoms with Crippen LogP contribution in [0.25, 0.3) is 0 Å². The van der Waals surface area contributed by atoms with Gasteiger partial charge in [-0.05, 0) is 6.92 Å². The lowest BCUT2D eigenvalue weighted by Crippen LogP contribution is -2.07. The summed E-state index contributed by atoms with van der Waals surface area (Å²) in [5.74, 6) is -0.250. The zero-order chi connectivity index (χ0) is 8.27. The van der Waals surface area contributed by atoms with Crippen molar-refractivity contribution in [2.45, 2.75) is 26.1 Å². The zero-order valence-corrected chi connectivity index (χ0v) is 6.74. The second-order valence-electron chi connectivity index (χ2n) is 2.47. The minimum atomic E-state index is -0.250. The van der Waals surface area contributed by atoms with Crippen LogP contribution in [0.1, 0.15) is 13.8 Å².